The van der Waals surface area contributed by atoms with Crippen LogP contribution in [-0.4, -0.2) is 76.2 Å². The summed E-state index contributed by atoms with van der Waals surface area (Å²) in [6.07, 6.45) is -3.09. The Labute approximate surface area is 220 Å². The highest BCUT2D eigenvalue weighted by Crippen LogP contribution is 2.32. The maximum absolute atomic E-state index is 13.5. The third-order valence-corrected chi connectivity index (χ3v) is 7.76. The number of halogens is 3. The second-order valence-electron chi connectivity index (χ2n) is 8.45. The van der Waals surface area contributed by atoms with Crippen LogP contribution < -0.4 is 20.7 Å². The number of rotatable bonds is 12. The Balaban J connectivity index is 1.75. The van der Waals surface area contributed by atoms with Crippen LogP contribution in [0.5, 0.6) is 5.75 Å². The van der Waals surface area contributed by atoms with Gasteiger partial charge in [-0.25, -0.2) is 13.4 Å². The molecule has 0 saturated carbocycles. The number of hydrogen-bond donors (Lipinski definition) is 2. The van der Waals surface area contributed by atoms with Gasteiger partial charge in [0.15, 0.2) is 0 Å². The Hall–Kier alpha value is -2.94. The van der Waals surface area contributed by atoms with Crippen molar-refractivity contribution in [3.05, 3.63) is 47.7 Å². The van der Waals surface area contributed by atoms with E-state index in [9.17, 15) is 26.4 Å². The topological polar surface area (TPSA) is 127 Å². The molecular weight excluding hydrogens is 527 g/mol. The van der Waals surface area contributed by atoms with Gasteiger partial charge >= 0.3 is 6.18 Å². The molecule has 0 radical (unpaired) electrons. The molecule has 1 aliphatic rings. The van der Waals surface area contributed by atoms with E-state index in [-0.39, 0.29) is 68.3 Å². The number of nitrogens with zero attached hydrogens (tertiary/aromatic N) is 3. The number of nitrogens with one attached hydrogen (secondary N) is 1. The van der Waals surface area contributed by atoms with Gasteiger partial charge in [0.2, 0.25) is 15.9 Å². The van der Waals surface area contributed by atoms with E-state index in [2.05, 4.69) is 10.3 Å². The van der Waals surface area contributed by atoms with Gasteiger partial charge in [0.05, 0.1) is 18.8 Å². The number of ether oxygens (including phenoxy) is 2. The molecule has 1 saturated heterocycles. The predicted octanol–water partition coefficient (Wildman–Crippen LogP) is 1.99. The summed E-state index contributed by atoms with van der Waals surface area (Å²) < 4.78 is 78.7. The van der Waals surface area contributed by atoms with Crippen molar-refractivity contribution in [2.24, 2.45) is 5.73 Å². The lowest BCUT2D eigenvalue weighted by Gasteiger charge is -2.35. The zero-order valence-electron chi connectivity index (χ0n) is 21.0. The Morgan fingerprint density at radius 1 is 1.11 bits per heavy atom. The molecule has 210 valence electrons. The van der Waals surface area contributed by atoms with Gasteiger partial charge in [0, 0.05) is 51.9 Å². The first-order valence-corrected chi connectivity index (χ1v) is 13.6. The minimum absolute atomic E-state index is 0.0486. The van der Waals surface area contributed by atoms with Crippen molar-refractivity contribution in [2.45, 2.75) is 31.0 Å². The average Bonchev–Trinajstić information content (AvgIpc) is 2.91. The van der Waals surface area contributed by atoms with E-state index in [1.165, 1.54) is 10.4 Å². The Morgan fingerprint density at radius 2 is 1.84 bits per heavy atom. The van der Waals surface area contributed by atoms with Gasteiger partial charge in [0.1, 0.15) is 23.1 Å². The molecular formula is C24H32F3N5O5S. The minimum atomic E-state index is -4.50. The smallest absolute Gasteiger partial charge is 0.416 e. The zero-order valence-corrected chi connectivity index (χ0v) is 21.9. The van der Waals surface area contributed by atoms with Gasteiger partial charge < -0.3 is 25.4 Å². The van der Waals surface area contributed by atoms with Crippen LogP contribution in [0.15, 0.2) is 41.4 Å². The van der Waals surface area contributed by atoms with Gasteiger partial charge in [-0.1, -0.05) is 13.0 Å². The first-order valence-electron chi connectivity index (χ1n) is 12.1. The van der Waals surface area contributed by atoms with Crippen molar-refractivity contribution in [1.82, 2.24) is 14.6 Å². The molecule has 1 amide bonds. The number of carbonyl (C=O) groups is 1. The fraction of sp³-hybridized carbons (Fsp3) is 0.500. The van der Waals surface area contributed by atoms with E-state index in [4.69, 9.17) is 15.2 Å². The normalized spacial score (nSPS) is 14.9. The molecule has 14 heteroatoms. The molecule has 2 aromatic rings. The van der Waals surface area contributed by atoms with Crippen molar-refractivity contribution in [1.29, 1.82) is 0 Å². The van der Waals surface area contributed by atoms with Gasteiger partial charge in [-0.05, 0) is 29.8 Å². The van der Waals surface area contributed by atoms with Crippen molar-refractivity contribution in [3.63, 3.8) is 0 Å². The average molecular weight is 560 g/mol. The number of alkyl halides is 3. The second kappa shape index (κ2) is 13.2. The molecule has 10 nitrogen and oxygen atoms in total. The summed E-state index contributed by atoms with van der Waals surface area (Å²) in [6.45, 7) is 3.32. The Bertz CT molecular complexity index is 1190. The summed E-state index contributed by atoms with van der Waals surface area (Å²) in [5, 5.41) is 2.74. The van der Waals surface area contributed by atoms with Crippen LogP contribution in [0.1, 0.15) is 24.5 Å². The number of sulfonamides is 1. The molecule has 3 rings (SSSR count). The summed E-state index contributed by atoms with van der Waals surface area (Å²) in [4.78, 5) is 17.2. The molecule has 3 N–H and O–H groups in total. The molecule has 0 bridgehead atoms. The lowest BCUT2D eigenvalue weighted by molar-refractivity contribution is -0.137. The third kappa shape index (κ3) is 7.79. The first-order chi connectivity index (χ1) is 18.1. The number of carbonyl (C=O) groups excluding carboxylic acids is 1. The minimum Gasteiger partial charge on any atom is -0.490 e. The summed E-state index contributed by atoms with van der Waals surface area (Å²) in [6, 6.07) is 6.45. The van der Waals surface area contributed by atoms with E-state index < -0.39 is 21.8 Å². The van der Waals surface area contributed by atoms with Crippen LogP contribution in [0.3, 0.4) is 0 Å². The lowest BCUT2D eigenvalue weighted by atomic mass is 10.2. The lowest BCUT2D eigenvalue weighted by Crippen LogP contribution is -2.49. The molecule has 1 aliphatic heterocycles. The Kier molecular flexibility index (Phi) is 10.3. The van der Waals surface area contributed by atoms with Crippen LogP contribution in [0, 0.1) is 0 Å². The summed E-state index contributed by atoms with van der Waals surface area (Å²) >= 11 is 0. The van der Waals surface area contributed by atoms with Crippen LogP contribution >= 0.6 is 0 Å². The van der Waals surface area contributed by atoms with Gasteiger partial charge in [0.25, 0.3) is 0 Å². The fourth-order valence-electron chi connectivity index (χ4n) is 3.77. The number of amides is 1. The number of aromatic nitrogens is 1. The quantitative estimate of drug-likeness (QED) is 0.378. The van der Waals surface area contributed by atoms with E-state index >= 15 is 0 Å². The second-order valence-corrected chi connectivity index (χ2v) is 10.4. The van der Waals surface area contributed by atoms with Gasteiger partial charge in [-0.15, -0.1) is 0 Å². The molecule has 0 aliphatic carbocycles. The summed E-state index contributed by atoms with van der Waals surface area (Å²) in [5.74, 6) is 0.107. The van der Waals surface area contributed by atoms with Crippen LogP contribution in [-0.2, 0) is 32.3 Å². The molecule has 2 heterocycles. The maximum Gasteiger partial charge on any atom is 0.416 e. The van der Waals surface area contributed by atoms with Crippen molar-refractivity contribution in [2.75, 3.05) is 57.4 Å². The number of benzene rings is 1. The van der Waals surface area contributed by atoms with Crippen molar-refractivity contribution < 1.29 is 35.9 Å². The van der Waals surface area contributed by atoms with E-state index in [0.29, 0.717) is 25.1 Å². The summed E-state index contributed by atoms with van der Waals surface area (Å²) in [7, 11) is -4.00. The van der Waals surface area contributed by atoms with Crippen molar-refractivity contribution >= 4 is 21.7 Å². The Morgan fingerprint density at radius 3 is 2.50 bits per heavy atom. The maximum atomic E-state index is 13.5. The number of hydrogen-bond acceptors (Lipinski definition) is 8. The SMILES string of the molecule is CCC(=O)NCc1ccc(S(=O)(=O)N2CCN(c3cc(C(F)(F)F)ccn3)CC2)c(OCCOCCN)c1. The molecule has 38 heavy (non-hydrogen) atoms. The van der Waals surface area contributed by atoms with Crippen LogP contribution in [0.2, 0.25) is 0 Å². The standard InChI is InChI=1S/C24H32F3N5O5S/c1-2-23(33)30-17-18-3-4-21(20(15-18)37-14-13-36-12-6-28)38(34,35)32-10-8-31(9-11-32)22-16-19(5-7-29-22)24(25,26)27/h3-5,7,15-16H,2,6,8-14,17,28H2,1H3,(H,30,33). The third-order valence-electron chi connectivity index (χ3n) is 5.82. The fourth-order valence-corrected chi connectivity index (χ4v) is 5.31. The van der Waals surface area contributed by atoms with E-state index in [0.717, 1.165) is 18.3 Å². The predicted molar refractivity (Wildman–Crippen MR) is 134 cm³/mol. The summed E-state index contributed by atoms with van der Waals surface area (Å²) in [5.41, 5.74) is 5.25. The zero-order chi connectivity index (χ0) is 27.8. The molecule has 0 unspecified atom stereocenters. The van der Waals surface area contributed by atoms with E-state index in [1.807, 2.05) is 0 Å². The highest BCUT2D eigenvalue weighted by molar-refractivity contribution is 7.89. The van der Waals surface area contributed by atoms with Gasteiger partial charge in [-0.3, -0.25) is 4.79 Å². The number of anilines is 1. The molecule has 1 aromatic heterocycles. The monoisotopic (exact) mass is 559 g/mol. The molecule has 1 aromatic carbocycles. The van der Waals surface area contributed by atoms with Gasteiger partial charge in [-0.2, -0.15) is 17.5 Å². The number of nitrogens with two attached hydrogens (primary N) is 1. The van der Waals surface area contributed by atoms with Crippen molar-refractivity contribution in [3.8, 4) is 5.75 Å². The number of pyridine rings is 1. The van der Waals surface area contributed by atoms with Crippen LogP contribution in [0.4, 0.5) is 19.0 Å². The van der Waals surface area contributed by atoms with Crippen LogP contribution in [0.25, 0.3) is 0 Å². The molecule has 0 spiro atoms. The van der Waals surface area contributed by atoms with E-state index in [1.54, 1.807) is 24.0 Å². The number of piperazine rings is 1. The molecule has 1 fully saturated rings. The highest BCUT2D eigenvalue weighted by atomic mass is 32.2. The highest BCUT2D eigenvalue weighted by Gasteiger charge is 2.34. The molecule has 0 atom stereocenters. The largest absolute Gasteiger partial charge is 0.490 e. The first kappa shape index (κ1) is 29.6.